The van der Waals surface area contributed by atoms with E-state index in [1.165, 1.54) is 0 Å². The number of urea groups is 1. The Morgan fingerprint density at radius 2 is 2.07 bits per heavy atom. The number of aryl methyl sites for hydroxylation is 1. The number of carbonyl (C=O) groups excluding carboxylic acids is 2. The van der Waals surface area contributed by atoms with Gasteiger partial charge in [0.05, 0.1) is 17.1 Å². The first-order valence-corrected chi connectivity index (χ1v) is 11.3. The van der Waals surface area contributed by atoms with Crippen LogP contribution in [0.5, 0.6) is 0 Å². The van der Waals surface area contributed by atoms with E-state index in [1.54, 1.807) is 27.6 Å². The van der Waals surface area contributed by atoms with Gasteiger partial charge in [0.2, 0.25) is 5.91 Å². The van der Waals surface area contributed by atoms with E-state index in [0.29, 0.717) is 19.5 Å². The second-order valence-corrected chi connectivity index (χ2v) is 8.74. The van der Waals surface area contributed by atoms with Gasteiger partial charge >= 0.3 is 6.03 Å². The molecule has 3 aromatic rings. The van der Waals surface area contributed by atoms with Crippen molar-refractivity contribution in [2.75, 3.05) is 11.9 Å². The lowest BCUT2D eigenvalue weighted by Crippen LogP contribution is -2.47. The number of anilines is 1. The van der Waals surface area contributed by atoms with Gasteiger partial charge in [0.1, 0.15) is 11.0 Å². The molecule has 1 fully saturated rings. The van der Waals surface area contributed by atoms with Crippen molar-refractivity contribution in [2.24, 2.45) is 0 Å². The van der Waals surface area contributed by atoms with Crippen molar-refractivity contribution in [3.63, 3.8) is 0 Å². The first-order valence-electron chi connectivity index (χ1n) is 9.51. The van der Waals surface area contributed by atoms with Crippen LogP contribution in [0.2, 0.25) is 0 Å². The summed E-state index contributed by atoms with van der Waals surface area (Å²) in [5.74, 6) is -0.131. The molecule has 1 saturated heterocycles. The maximum absolute atomic E-state index is 12.7. The van der Waals surface area contributed by atoms with Crippen molar-refractivity contribution in [2.45, 2.75) is 32.4 Å². The summed E-state index contributed by atoms with van der Waals surface area (Å²) in [7, 11) is 0. The highest BCUT2D eigenvalue weighted by Crippen LogP contribution is 2.28. The Hall–Kier alpha value is -2.71. The Bertz CT molecular complexity index is 1000. The van der Waals surface area contributed by atoms with Crippen molar-refractivity contribution in [3.8, 4) is 9.88 Å². The van der Waals surface area contributed by atoms with Crippen molar-refractivity contribution in [3.05, 3.63) is 58.4 Å². The summed E-state index contributed by atoms with van der Waals surface area (Å²) >= 11 is 3.22. The van der Waals surface area contributed by atoms with Gasteiger partial charge in [-0.25, -0.2) is 9.78 Å². The van der Waals surface area contributed by atoms with Gasteiger partial charge in [-0.3, -0.25) is 4.79 Å². The molecule has 0 saturated carbocycles. The average molecular weight is 427 g/mol. The molecule has 0 unspecified atom stereocenters. The topological polar surface area (TPSA) is 74.3 Å². The second-order valence-electron chi connectivity index (χ2n) is 6.94. The van der Waals surface area contributed by atoms with Crippen LogP contribution in [0.4, 0.5) is 10.5 Å². The Labute approximate surface area is 177 Å². The van der Waals surface area contributed by atoms with Crippen molar-refractivity contribution in [1.82, 2.24) is 15.2 Å². The summed E-state index contributed by atoms with van der Waals surface area (Å²) in [4.78, 5) is 32.8. The molecule has 6 nitrogen and oxygen atoms in total. The number of para-hydroxylation sites is 1. The van der Waals surface area contributed by atoms with Gasteiger partial charge in [-0.1, -0.05) is 24.3 Å². The van der Waals surface area contributed by atoms with E-state index in [9.17, 15) is 9.59 Å². The first kappa shape index (κ1) is 19.6. The van der Waals surface area contributed by atoms with E-state index in [2.05, 4.69) is 15.6 Å². The third kappa shape index (κ3) is 4.49. The van der Waals surface area contributed by atoms with Gasteiger partial charge < -0.3 is 15.5 Å². The predicted octanol–water partition coefficient (Wildman–Crippen LogP) is 4.49. The fraction of sp³-hybridized carbons (Fsp3) is 0.286. The van der Waals surface area contributed by atoms with E-state index in [1.807, 2.05) is 54.1 Å². The van der Waals surface area contributed by atoms with Gasteiger partial charge in [-0.2, -0.15) is 0 Å². The van der Waals surface area contributed by atoms with Gasteiger partial charge in [-0.15, -0.1) is 22.7 Å². The van der Waals surface area contributed by atoms with Crippen LogP contribution in [0.15, 0.2) is 47.2 Å². The van der Waals surface area contributed by atoms with Crippen molar-refractivity contribution >= 4 is 40.3 Å². The number of nitrogens with zero attached hydrogens (tertiary/aromatic N) is 2. The molecule has 8 heteroatoms. The minimum atomic E-state index is -0.450. The first-order chi connectivity index (χ1) is 14.1. The van der Waals surface area contributed by atoms with Crippen LogP contribution in [0.25, 0.3) is 9.88 Å². The number of likely N-dealkylation sites (tertiary alicyclic amines) is 1. The van der Waals surface area contributed by atoms with Gasteiger partial charge in [0.25, 0.3) is 0 Å². The lowest BCUT2D eigenvalue weighted by atomic mass is 10.2. The summed E-state index contributed by atoms with van der Waals surface area (Å²) in [6.45, 7) is 2.89. The minimum Gasteiger partial charge on any atom is -0.349 e. The molecule has 2 aromatic heterocycles. The third-order valence-electron chi connectivity index (χ3n) is 4.93. The summed E-state index contributed by atoms with van der Waals surface area (Å²) in [5.41, 5.74) is 2.60. The zero-order valence-corrected chi connectivity index (χ0v) is 17.7. The van der Waals surface area contributed by atoms with Crippen LogP contribution < -0.4 is 10.6 Å². The molecule has 3 amide bonds. The van der Waals surface area contributed by atoms with Gasteiger partial charge in [0, 0.05) is 17.6 Å². The molecule has 3 heterocycles. The summed E-state index contributed by atoms with van der Waals surface area (Å²) in [5, 5.41) is 10.8. The zero-order chi connectivity index (χ0) is 20.2. The number of aromatic nitrogens is 1. The number of hydrogen-bond acceptors (Lipinski definition) is 5. The largest absolute Gasteiger partial charge is 0.349 e. The van der Waals surface area contributed by atoms with Crippen molar-refractivity contribution < 1.29 is 9.59 Å². The van der Waals surface area contributed by atoms with Crippen molar-refractivity contribution in [1.29, 1.82) is 0 Å². The lowest BCUT2D eigenvalue weighted by molar-refractivity contribution is -0.124. The Morgan fingerprint density at radius 1 is 1.21 bits per heavy atom. The highest BCUT2D eigenvalue weighted by Gasteiger charge is 2.34. The summed E-state index contributed by atoms with van der Waals surface area (Å²) < 4.78 is 0. The molecule has 0 spiro atoms. The SMILES string of the molecule is Cc1ccccc1NC(=O)N1CCC[C@@H]1C(=O)NCc1csc(-c2cccs2)n1. The Balaban J connectivity index is 1.35. The smallest absolute Gasteiger partial charge is 0.322 e. The van der Waals surface area contributed by atoms with E-state index < -0.39 is 6.04 Å². The fourth-order valence-electron chi connectivity index (χ4n) is 3.38. The van der Waals surface area contributed by atoms with E-state index in [-0.39, 0.29) is 11.9 Å². The molecule has 29 heavy (non-hydrogen) atoms. The highest BCUT2D eigenvalue weighted by molar-refractivity contribution is 7.20. The standard InChI is InChI=1S/C21H22N4O2S2/c1-14-6-2-3-7-16(14)24-21(27)25-10-4-8-17(25)19(26)22-12-15-13-29-20(23-15)18-9-5-11-28-18/h2-3,5-7,9,11,13,17H,4,8,10,12H2,1H3,(H,22,26)(H,24,27)/t17-/m1/s1. The predicted molar refractivity (Wildman–Crippen MR) is 117 cm³/mol. The lowest BCUT2D eigenvalue weighted by Gasteiger charge is -2.24. The summed E-state index contributed by atoms with van der Waals surface area (Å²) in [6, 6.07) is 11.0. The number of nitrogens with one attached hydrogen (secondary N) is 2. The Morgan fingerprint density at radius 3 is 2.86 bits per heavy atom. The number of carbonyl (C=O) groups is 2. The Kier molecular flexibility index (Phi) is 5.92. The number of rotatable bonds is 5. The molecule has 2 N–H and O–H groups in total. The molecular weight excluding hydrogens is 404 g/mol. The average Bonchev–Trinajstić information content (AvgIpc) is 3.48. The van der Waals surface area contributed by atoms with E-state index in [0.717, 1.165) is 33.3 Å². The van der Waals surface area contributed by atoms with E-state index >= 15 is 0 Å². The maximum atomic E-state index is 12.7. The number of benzene rings is 1. The van der Waals surface area contributed by atoms with Gasteiger partial charge in [0.15, 0.2) is 0 Å². The molecule has 4 rings (SSSR count). The van der Waals surface area contributed by atoms with Gasteiger partial charge in [-0.05, 0) is 42.8 Å². The number of amides is 3. The molecule has 1 atom stereocenters. The molecular formula is C21H22N4O2S2. The second kappa shape index (κ2) is 8.75. The molecule has 0 bridgehead atoms. The van der Waals surface area contributed by atoms with Crippen LogP contribution in [0.3, 0.4) is 0 Å². The quantitative estimate of drug-likeness (QED) is 0.631. The highest BCUT2D eigenvalue weighted by atomic mass is 32.1. The molecule has 150 valence electrons. The van der Waals surface area contributed by atoms with Crippen LogP contribution in [-0.4, -0.2) is 34.4 Å². The molecule has 1 aliphatic rings. The number of thiophene rings is 1. The van der Waals surface area contributed by atoms with Crippen LogP contribution >= 0.6 is 22.7 Å². The number of hydrogen-bond donors (Lipinski definition) is 2. The normalized spacial score (nSPS) is 16.0. The number of thiazole rings is 1. The fourth-order valence-corrected chi connectivity index (χ4v) is 5.01. The van der Waals surface area contributed by atoms with Crippen LogP contribution in [-0.2, 0) is 11.3 Å². The van der Waals surface area contributed by atoms with E-state index in [4.69, 9.17) is 0 Å². The molecule has 0 aliphatic carbocycles. The molecule has 0 radical (unpaired) electrons. The molecule has 1 aliphatic heterocycles. The van der Waals surface area contributed by atoms with Crippen LogP contribution in [0.1, 0.15) is 24.1 Å². The monoisotopic (exact) mass is 426 g/mol. The molecule has 1 aromatic carbocycles. The third-order valence-corrected chi connectivity index (χ3v) is 6.86. The maximum Gasteiger partial charge on any atom is 0.322 e. The summed E-state index contributed by atoms with van der Waals surface area (Å²) in [6.07, 6.45) is 1.49. The zero-order valence-electron chi connectivity index (χ0n) is 16.1. The minimum absolute atomic E-state index is 0.131. The van der Waals surface area contributed by atoms with Crippen LogP contribution in [0, 0.1) is 6.92 Å².